The van der Waals surface area contributed by atoms with Crippen molar-refractivity contribution in [2.45, 2.75) is 65.8 Å². The molecule has 0 saturated carbocycles. The SMILES string of the molecule is C/C(N)=N/N(Cc1ccc(C(C)(C)C)cc1)c1ccc(C(C)(C)C)cc1. The van der Waals surface area contributed by atoms with Crippen molar-refractivity contribution in [1.29, 1.82) is 0 Å². The smallest absolute Gasteiger partial charge is 0.117 e. The van der Waals surface area contributed by atoms with E-state index in [2.05, 4.69) is 95.2 Å². The molecular formula is C23H33N3. The number of anilines is 1. The summed E-state index contributed by atoms with van der Waals surface area (Å²) in [5, 5.41) is 6.50. The van der Waals surface area contributed by atoms with Gasteiger partial charge in [-0.1, -0.05) is 77.9 Å². The highest BCUT2D eigenvalue weighted by atomic mass is 15.5. The third-order valence-corrected chi connectivity index (χ3v) is 4.46. The lowest BCUT2D eigenvalue weighted by Gasteiger charge is -2.24. The molecule has 26 heavy (non-hydrogen) atoms. The zero-order valence-electron chi connectivity index (χ0n) is 17.3. The molecule has 2 aromatic carbocycles. The fourth-order valence-corrected chi connectivity index (χ4v) is 2.79. The van der Waals surface area contributed by atoms with Gasteiger partial charge in [0.1, 0.15) is 5.84 Å². The molecule has 140 valence electrons. The lowest BCUT2D eigenvalue weighted by Crippen LogP contribution is -2.21. The van der Waals surface area contributed by atoms with Crippen molar-refractivity contribution in [3.8, 4) is 0 Å². The first-order valence-electron chi connectivity index (χ1n) is 9.25. The van der Waals surface area contributed by atoms with Crippen LogP contribution in [0.3, 0.4) is 0 Å². The molecule has 0 aliphatic rings. The quantitative estimate of drug-likeness (QED) is 0.444. The van der Waals surface area contributed by atoms with E-state index in [0.717, 1.165) is 5.69 Å². The van der Waals surface area contributed by atoms with E-state index in [9.17, 15) is 0 Å². The van der Waals surface area contributed by atoms with Crippen LogP contribution >= 0.6 is 0 Å². The van der Waals surface area contributed by atoms with Gasteiger partial charge >= 0.3 is 0 Å². The van der Waals surface area contributed by atoms with E-state index in [1.807, 2.05) is 11.9 Å². The molecule has 0 radical (unpaired) electrons. The molecule has 3 nitrogen and oxygen atoms in total. The van der Waals surface area contributed by atoms with E-state index >= 15 is 0 Å². The Kier molecular flexibility index (Phi) is 5.80. The van der Waals surface area contributed by atoms with Crippen molar-refractivity contribution in [3.63, 3.8) is 0 Å². The molecule has 0 unspecified atom stereocenters. The lowest BCUT2D eigenvalue weighted by atomic mass is 9.86. The number of nitrogens with two attached hydrogens (primary N) is 1. The maximum Gasteiger partial charge on any atom is 0.117 e. The summed E-state index contributed by atoms with van der Waals surface area (Å²) in [5.41, 5.74) is 11.1. The Morgan fingerprint density at radius 3 is 1.62 bits per heavy atom. The van der Waals surface area contributed by atoms with Crippen molar-refractivity contribution in [3.05, 3.63) is 65.2 Å². The molecule has 0 bridgehead atoms. The van der Waals surface area contributed by atoms with Crippen LogP contribution in [0.5, 0.6) is 0 Å². The Balaban J connectivity index is 2.27. The molecule has 0 atom stereocenters. The molecule has 0 aliphatic heterocycles. The number of hydrogen-bond donors (Lipinski definition) is 1. The second-order valence-electron chi connectivity index (χ2n) is 9.04. The molecule has 0 saturated heterocycles. The third-order valence-electron chi connectivity index (χ3n) is 4.46. The van der Waals surface area contributed by atoms with Gasteiger partial charge in [-0.05, 0) is 46.6 Å². The van der Waals surface area contributed by atoms with Gasteiger partial charge in [-0.2, -0.15) is 5.10 Å². The van der Waals surface area contributed by atoms with Gasteiger partial charge in [0.2, 0.25) is 0 Å². The zero-order chi connectivity index (χ0) is 19.5. The lowest BCUT2D eigenvalue weighted by molar-refractivity contribution is 0.589. The fourth-order valence-electron chi connectivity index (χ4n) is 2.79. The molecule has 3 heteroatoms. The van der Waals surface area contributed by atoms with E-state index in [4.69, 9.17) is 5.73 Å². The molecule has 2 N–H and O–H groups in total. The number of amidine groups is 1. The van der Waals surface area contributed by atoms with E-state index in [1.54, 1.807) is 0 Å². The van der Waals surface area contributed by atoms with E-state index in [1.165, 1.54) is 16.7 Å². The Bertz CT molecular complexity index is 738. The molecule has 2 rings (SSSR count). The topological polar surface area (TPSA) is 41.6 Å². The van der Waals surface area contributed by atoms with Gasteiger partial charge in [-0.3, -0.25) is 5.01 Å². The predicted octanol–water partition coefficient (Wildman–Crippen LogP) is 5.58. The van der Waals surface area contributed by atoms with Crippen LogP contribution in [0, 0.1) is 0 Å². The van der Waals surface area contributed by atoms with Crippen molar-refractivity contribution >= 4 is 11.5 Å². The number of hydrogen-bond acceptors (Lipinski definition) is 2. The average Bonchev–Trinajstić information content (AvgIpc) is 2.53. The summed E-state index contributed by atoms with van der Waals surface area (Å²) in [7, 11) is 0. The Labute approximate surface area is 158 Å². The van der Waals surface area contributed by atoms with Gasteiger partial charge in [0, 0.05) is 0 Å². The molecule has 0 fully saturated rings. The maximum atomic E-state index is 5.87. The molecule has 0 spiro atoms. The largest absolute Gasteiger partial charge is 0.386 e. The highest BCUT2D eigenvalue weighted by molar-refractivity contribution is 5.78. The van der Waals surface area contributed by atoms with Crippen molar-refractivity contribution < 1.29 is 0 Å². The molecule has 2 aromatic rings. The van der Waals surface area contributed by atoms with Crippen LogP contribution in [0.2, 0.25) is 0 Å². The van der Waals surface area contributed by atoms with Crippen LogP contribution in [-0.2, 0) is 17.4 Å². The van der Waals surface area contributed by atoms with E-state index < -0.39 is 0 Å². The Morgan fingerprint density at radius 1 is 0.808 bits per heavy atom. The number of hydrazone groups is 1. The number of rotatable bonds is 4. The maximum absolute atomic E-state index is 5.87. The molecular weight excluding hydrogens is 318 g/mol. The van der Waals surface area contributed by atoms with Crippen LogP contribution < -0.4 is 10.7 Å². The summed E-state index contributed by atoms with van der Waals surface area (Å²) in [6, 6.07) is 17.4. The summed E-state index contributed by atoms with van der Waals surface area (Å²) < 4.78 is 0. The minimum atomic E-state index is 0.138. The molecule has 0 heterocycles. The molecule has 0 aliphatic carbocycles. The Morgan fingerprint density at radius 2 is 1.23 bits per heavy atom. The summed E-state index contributed by atoms with van der Waals surface area (Å²) in [6.07, 6.45) is 0. The second-order valence-corrected chi connectivity index (χ2v) is 9.04. The first kappa shape index (κ1) is 20.0. The molecule has 0 aromatic heterocycles. The first-order chi connectivity index (χ1) is 12.0. The van der Waals surface area contributed by atoms with Crippen LogP contribution in [0.1, 0.15) is 65.2 Å². The van der Waals surface area contributed by atoms with Crippen LogP contribution in [-0.4, -0.2) is 5.84 Å². The van der Waals surface area contributed by atoms with Crippen molar-refractivity contribution in [2.24, 2.45) is 10.8 Å². The molecule has 0 amide bonds. The minimum Gasteiger partial charge on any atom is -0.386 e. The number of nitrogens with zero attached hydrogens (tertiary/aromatic N) is 2. The second kappa shape index (κ2) is 7.53. The summed E-state index contributed by atoms with van der Waals surface area (Å²) in [4.78, 5) is 0. The minimum absolute atomic E-state index is 0.138. The van der Waals surface area contributed by atoms with Gasteiger partial charge < -0.3 is 5.73 Å². The Hall–Kier alpha value is -2.29. The normalized spacial score (nSPS) is 13.0. The van der Waals surface area contributed by atoms with E-state index in [-0.39, 0.29) is 10.8 Å². The fraction of sp³-hybridized carbons (Fsp3) is 0.435. The zero-order valence-corrected chi connectivity index (χ0v) is 17.3. The van der Waals surface area contributed by atoms with E-state index in [0.29, 0.717) is 12.4 Å². The van der Waals surface area contributed by atoms with Crippen molar-refractivity contribution in [1.82, 2.24) is 0 Å². The van der Waals surface area contributed by atoms with Gasteiger partial charge in [0.25, 0.3) is 0 Å². The number of benzene rings is 2. The first-order valence-corrected chi connectivity index (χ1v) is 9.25. The average molecular weight is 352 g/mol. The summed E-state index contributed by atoms with van der Waals surface area (Å²) in [6.45, 7) is 15.9. The van der Waals surface area contributed by atoms with Crippen LogP contribution in [0.25, 0.3) is 0 Å². The third kappa shape index (κ3) is 5.35. The van der Waals surface area contributed by atoms with Crippen LogP contribution in [0.15, 0.2) is 53.6 Å². The standard InChI is InChI=1S/C23H33N3/c1-17(24)25-26(21-14-12-20(13-15-21)23(5,6)7)16-18-8-10-19(11-9-18)22(2,3)4/h8-15H,16H2,1-7H3,(H2,24,25). The summed E-state index contributed by atoms with van der Waals surface area (Å²) in [5.74, 6) is 0.552. The highest BCUT2D eigenvalue weighted by Crippen LogP contribution is 2.27. The van der Waals surface area contributed by atoms with Gasteiger partial charge in [0.05, 0.1) is 12.2 Å². The van der Waals surface area contributed by atoms with Crippen molar-refractivity contribution in [2.75, 3.05) is 5.01 Å². The highest BCUT2D eigenvalue weighted by Gasteiger charge is 2.15. The van der Waals surface area contributed by atoms with Gasteiger partial charge in [-0.25, -0.2) is 0 Å². The van der Waals surface area contributed by atoms with Crippen LogP contribution in [0.4, 0.5) is 5.69 Å². The predicted molar refractivity (Wildman–Crippen MR) is 114 cm³/mol. The monoisotopic (exact) mass is 351 g/mol. The summed E-state index contributed by atoms with van der Waals surface area (Å²) >= 11 is 0. The van der Waals surface area contributed by atoms with Gasteiger partial charge in [0.15, 0.2) is 0 Å². The van der Waals surface area contributed by atoms with Gasteiger partial charge in [-0.15, -0.1) is 0 Å².